The number of aliphatic carboxylic acids is 1. The largest absolute Gasteiger partial charge is 0.508 e. The van der Waals surface area contributed by atoms with Crippen LogP contribution in [0.25, 0.3) is 0 Å². The number of rotatable bonds is 7. The van der Waals surface area contributed by atoms with Gasteiger partial charge in [-0.05, 0) is 65.8 Å². The minimum atomic E-state index is -1.43. The van der Waals surface area contributed by atoms with Crippen LogP contribution in [0.1, 0.15) is 48.0 Å². The zero-order valence-corrected chi connectivity index (χ0v) is 19.9. The molecule has 1 aromatic rings. The summed E-state index contributed by atoms with van der Waals surface area (Å²) >= 11 is 6.42. The van der Waals surface area contributed by atoms with Gasteiger partial charge in [-0.2, -0.15) is 0 Å². The lowest BCUT2D eigenvalue weighted by Gasteiger charge is -2.37. The Morgan fingerprint density at radius 1 is 1.37 bits per heavy atom. The molecular formula is C23H29ClNO4P. The van der Waals surface area contributed by atoms with Crippen LogP contribution in [-0.4, -0.2) is 33.5 Å². The lowest BCUT2D eigenvalue weighted by Crippen LogP contribution is -2.31. The molecule has 30 heavy (non-hydrogen) atoms. The minimum Gasteiger partial charge on any atom is -0.508 e. The van der Waals surface area contributed by atoms with E-state index in [-0.39, 0.29) is 23.6 Å². The first kappa shape index (κ1) is 24.3. The van der Waals surface area contributed by atoms with Crippen molar-refractivity contribution in [1.29, 1.82) is 0 Å². The standard InChI is InChI=1S/C23H29ClNO4P/c1-7-29-30(21-9-8-17(26)14-19(21)24)25(15(2)3)20-13-16(10-11-23(4,5)6)12-18(20)22(27)28/h8-9,13-15,26H,7,12H2,1-6H3,(H,27,28). The maximum absolute atomic E-state index is 12.1. The number of aromatic hydroxyl groups is 1. The normalized spacial score (nSPS) is 15.0. The molecule has 0 aromatic heterocycles. The minimum absolute atomic E-state index is 0.0527. The number of hydrogen-bond donors (Lipinski definition) is 2. The number of halogens is 1. The first-order valence-corrected chi connectivity index (χ1v) is 11.4. The van der Waals surface area contributed by atoms with E-state index >= 15 is 0 Å². The van der Waals surface area contributed by atoms with Crippen LogP contribution >= 0.6 is 19.9 Å². The Hall–Kier alpha value is -1.99. The van der Waals surface area contributed by atoms with E-state index in [1.165, 1.54) is 6.07 Å². The van der Waals surface area contributed by atoms with Crippen molar-refractivity contribution in [3.63, 3.8) is 0 Å². The first-order valence-electron chi connectivity index (χ1n) is 9.85. The summed E-state index contributed by atoms with van der Waals surface area (Å²) in [6, 6.07) is 4.71. The Bertz CT molecular complexity index is 935. The second-order valence-electron chi connectivity index (χ2n) is 8.28. The van der Waals surface area contributed by atoms with Gasteiger partial charge < -0.3 is 19.4 Å². The van der Waals surface area contributed by atoms with E-state index in [0.29, 0.717) is 22.9 Å². The monoisotopic (exact) mass is 449 g/mol. The van der Waals surface area contributed by atoms with Gasteiger partial charge in [-0.1, -0.05) is 23.4 Å². The van der Waals surface area contributed by atoms with Crippen LogP contribution in [0.5, 0.6) is 5.75 Å². The highest BCUT2D eigenvalue weighted by molar-refractivity contribution is 7.59. The summed E-state index contributed by atoms with van der Waals surface area (Å²) in [6.07, 6.45) is 2.13. The van der Waals surface area contributed by atoms with E-state index in [1.54, 1.807) is 12.1 Å². The summed E-state index contributed by atoms with van der Waals surface area (Å²) in [4.78, 5) is 12.1. The van der Waals surface area contributed by atoms with Crippen molar-refractivity contribution in [2.24, 2.45) is 5.41 Å². The van der Waals surface area contributed by atoms with Crippen molar-refractivity contribution in [2.45, 2.75) is 54.0 Å². The molecule has 0 saturated heterocycles. The van der Waals surface area contributed by atoms with E-state index in [2.05, 4.69) is 11.8 Å². The van der Waals surface area contributed by atoms with Gasteiger partial charge in [-0.25, -0.2) is 4.79 Å². The molecule has 7 heteroatoms. The van der Waals surface area contributed by atoms with Crippen molar-refractivity contribution < 1.29 is 19.5 Å². The van der Waals surface area contributed by atoms with Gasteiger partial charge in [0.25, 0.3) is 0 Å². The maximum Gasteiger partial charge on any atom is 0.334 e. The van der Waals surface area contributed by atoms with Crippen molar-refractivity contribution in [1.82, 2.24) is 4.67 Å². The van der Waals surface area contributed by atoms with Crippen molar-refractivity contribution in [3.05, 3.63) is 46.1 Å². The number of phenols is 1. The van der Waals surface area contributed by atoms with Crippen LogP contribution in [-0.2, 0) is 9.32 Å². The lowest BCUT2D eigenvalue weighted by molar-refractivity contribution is -0.132. The van der Waals surface area contributed by atoms with Gasteiger partial charge in [0.2, 0.25) is 0 Å². The van der Waals surface area contributed by atoms with Gasteiger partial charge in [0.15, 0.2) is 8.30 Å². The average Bonchev–Trinajstić information content (AvgIpc) is 3.03. The zero-order valence-electron chi connectivity index (χ0n) is 18.3. The van der Waals surface area contributed by atoms with E-state index in [1.807, 2.05) is 52.3 Å². The fourth-order valence-corrected chi connectivity index (χ4v) is 5.30. The van der Waals surface area contributed by atoms with E-state index < -0.39 is 14.3 Å². The van der Waals surface area contributed by atoms with Crippen molar-refractivity contribution in [2.75, 3.05) is 6.61 Å². The highest BCUT2D eigenvalue weighted by atomic mass is 35.5. The Morgan fingerprint density at radius 2 is 2.03 bits per heavy atom. The molecule has 0 saturated carbocycles. The molecule has 162 valence electrons. The Balaban J connectivity index is 2.60. The quantitative estimate of drug-likeness (QED) is 0.428. The molecule has 1 aliphatic carbocycles. The third-order valence-electron chi connectivity index (χ3n) is 4.16. The van der Waals surface area contributed by atoms with Gasteiger partial charge in [-0.3, -0.25) is 0 Å². The molecular weight excluding hydrogens is 421 g/mol. The number of hydrogen-bond acceptors (Lipinski definition) is 4. The van der Waals surface area contributed by atoms with Crippen LogP contribution in [0.15, 0.2) is 41.1 Å². The topological polar surface area (TPSA) is 70.0 Å². The molecule has 0 heterocycles. The summed E-state index contributed by atoms with van der Waals surface area (Å²) < 4.78 is 8.07. The maximum atomic E-state index is 12.1. The summed E-state index contributed by atoms with van der Waals surface area (Å²) in [7, 11) is -1.43. The second-order valence-corrected chi connectivity index (χ2v) is 10.4. The summed E-state index contributed by atoms with van der Waals surface area (Å²) in [6.45, 7) is 12.3. The van der Waals surface area contributed by atoms with Crippen LogP contribution in [0.4, 0.5) is 0 Å². The number of phenolic OH excluding ortho intramolecular Hbond substituents is 1. The predicted octanol–water partition coefficient (Wildman–Crippen LogP) is 5.45. The summed E-state index contributed by atoms with van der Waals surface area (Å²) in [5.41, 5.74) is 1.48. The predicted molar refractivity (Wildman–Crippen MR) is 123 cm³/mol. The molecule has 0 fully saturated rings. The summed E-state index contributed by atoms with van der Waals surface area (Å²) in [5, 5.41) is 20.7. The Labute approximate surface area is 185 Å². The molecule has 2 rings (SSSR count). The molecule has 1 aromatic carbocycles. The smallest absolute Gasteiger partial charge is 0.334 e. The number of carboxylic acid groups (broad SMARTS) is 1. The Morgan fingerprint density at radius 3 is 2.53 bits per heavy atom. The number of carboxylic acids is 1. The lowest BCUT2D eigenvalue weighted by atomic mass is 9.97. The number of nitrogens with zero attached hydrogens (tertiary/aromatic N) is 1. The highest BCUT2D eigenvalue weighted by Crippen LogP contribution is 2.49. The molecule has 0 radical (unpaired) electrons. The summed E-state index contributed by atoms with van der Waals surface area (Å²) in [5.74, 6) is 5.43. The van der Waals surface area contributed by atoms with E-state index in [9.17, 15) is 15.0 Å². The molecule has 0 spiro atoms. The fraction of sp³-hybridized carbons (Fsp3) is 0.435. The molecule has 2 N–H and O–H groups in total. The third-order valence-corrected chi connectivity index (χ3v) is 6.98. The van der Waals surface area contributed by atoms with Crippen molar-refractivity contribution >= 4 is 31.2 Å². The van der Waals surface area contributed by atoms with Gasteiger partial charge in [0.1, 0.15) is 5.75 Å². The first-order chi connectivity index (χ1) is 13.9. The molecule has 0 bridgehead atoms. The van der Waals surface area contributed by atoms with Crippen LogP contribution in [0.3, 0.4) is 0 Å². The molecule has 0 amide bonds. The Kier molecular flexibility index (Phi) is 7.99. The molecule has 1 unspecified atom stereocenters. The molecule has 0 aliphatic heterocycles. The zero-order chi connectivity index (χ0) is 22.6. The van der Waals surface area contributed by atoms with Gasteiger partial charge >= 0.3 is 5.97 Å². The molecule has 5 nitrogen and oxygen atoms in total. The second kappa shape index (κ2) is 9.88. The van der Waals surface area contributed by atoms with Gasteiger partial charge in [0, 0.05) is 28.8 Å². The molecule has 1 aliphatic rings. The van der Waals surface area contributed by atoms with Crippen LogP contribution in [0.2, 0.25) is 5.02 Å². The van der Waals surface area contributed by atoms with Crippen molar-refractivity contribution in [3.8, 4) is 17.6 Å². The van der Waals surface area contributed by atoms with E-state index in [4.69, 9.17) is 16.1 Å². The number of carbonyl (C=O) groups is 1. The van der Waals surface area contributed by atoms with Crippen LogP contribution < -0.4 is 5.30 Å². The average molecular weight is 450 g/mol. The number of allylic oxidation sites excluding steroid dienone is 2. The highest BCUT2D eigenvalue weighted by Gasteiger charge is 2.33. The third kappa shape index (κ3) is 6.01. The van der Waals surface area contributed by atoms with Crippen LogP contribution in [0, 0.1) is 17.3 Å². The van der Waals surface area contributed by atoms with Gasteiger partial charge in [-0.15, -0.1) is 0 Å². The fourth-order valence-electron chi connectivity index (χ4n) is 2.93. The van der Waals surface area contributed by atoms with Gasteiger partial charge in [0.05, 0.1) is 22.9 Å². The SMILES string of the molecule is CCOP(c1ccc(O)cc1Cl)N(C1=C(C(=O)O)CC(C#CC(C)(C)C)=C1)C(C)C. The molecule has 1 atom stereocenters. The van der Waals surface area contributed by atoms with E-state index in [0.717, 1.165) is 10.9 Å². The number of benzene rings is 1.